The number of benzene rings is 1. The summed E-state index contributed by atoms with van der Waals surface area (Å²) < 4.78 is 29.0. The summed E-state index contributed by atoms with van der Waals surface area (Å²) in [5.41, 5.74) is 1.29. The van der Waals surface area contributed by atoms with E-state index in [1.807, 2.05) is 0 Å². The van der Waals surface area contributed by atoms with Crippen molar-refractivity contribution in [3.05, 3.63) is 42.5 Å². The van der Waals surface area contributed by atoms with E-state index in [1.165, 1.54) is 30.2 Å². The second-order valence-electron chi connectivity index (χ2n) is 9.38. The molecule has 3 aliphatic rings. The minimum atomic E-state index is -0.934. The van der Waals surface area contributed by atoms with Crippen molar-refractivity contribution < 1.29 is 43.2 Å². The van der Waals surface area contributed by atoms with Gasteiger partial charge in [-0.1, -0.05) is 24.8 Å². The van der Waals surface area contributed by atoms with Gasteiger partial charge in [-0.25, -0.2) is 9.69 Å². The van der Waals surface area contributed by atoms with Crippen LogP contribution in [0.15, 0.2) is 36.9 Å². The summed E-state index contributed by atoms with van der Waals surface area (Å²) in [6, 6.07) is 2.54. The third kappa shape index (κ3) is 5.94. The van der Waals surface area contributed by atoms with Gasteiger partial charge in [0.05, 0.1) is 31.0 Å². The molecule has 1 aromatic rings. The molecule has 2 fully saturated rings. The van der Waals surface area contributed by atoms with Gasteiger partial charge in [0.1, 0.15) is 6.61 Å². The summed E-state index contributed by atoms with van der Waals surface area (Å²) in [4.78, 5) is 41.3. The van der Waals surface area contributed by atoms with Crippen molar-refractivity contribution in [2.75, 3.05) is 38.4 Å². The van der Waals surface area contributed by atoms with Gasteiger partial charge >= 0.3 is 12.1 Å². The lowest BCUT2D eigenvalue weighted by atomic mass is 10.1. The van der Waals surface area contributed by atoms with Gasteiger partial charge in [0, 0.05) is 25.6 Å². The average molecular weight is 531 g/mol. The molecule has 0 saturated carbocycles. The molecule has 3 atom stereocenters. The van der Waals surface area contributed by atoms with Crippen LogP contribution in [0.1, 0.15) is 48.9 Å². The Morgan fingerprint density at radius 2 is 2.08 bits per heavy atom. The second kappa shape index (κ2) is 12.3. The molecule has 0 spiro atoms. The maximum Gasteiger partial charge on any atom is 0.416 e. The maximum absolute atomic E-state index is 13.8. The van der Waals surface area contributed by atoms with E-state index < -0.39 is 30.6 Å². The van der Waals surface area contributed by atoms with Crippen LogP contribution < -0.4 is 14.4 Å². The molecule has 0 bridgehead atoms. The minimum Gasteiger partial charge on any atom is -0.493 e. The van der Waals surface area contributed by atoms with Gasteiger partial charge in [0.15, 0.2) is 24.0 Å². The smallest absolute Gasteiger partial charge is 0.416 e. The minimum absolute atomic E-state index is 0.0406. The number of rotatable bonds is 10. The number of carboxylic acids is 1. The van der Waals surface area contributed by atoms with Gasteiger partial charge in [-0.3, -0.25) is 9.59 Å². The third-order valence-electron chi connectivity index (χ3n) is 6.65. The van der Waals surface area contributed by atoms with Gasteiger partial charge in [-0.2, -0.15) is 0 Å². The van der Waals surface area contributed by atoms with Crippen LogP contribution in [-0.4, -0.2) is 80.0 Å². The molecule has 1 N–H and O–H groups in total. The molecule has 4 rings (SSSR count). The fourth-order valence-electron chi connectivity index (χ4n) is 4.89. The standard InChI is InChI=1S/C27H34N2O9/c1-4-10-37-27(33)29-19-15-22(35-12-7-8-23(30)31)21(34-3)14-18(19)25(32)28-16-17(2)13-20(28)26(29)38-24-9-5-6-11-36-24/h4,14-15,20,24,26H,1-2,5-13,16H2,3H3,(H,30,31)/t20-,24?,26-/m0/s1. The Kier molecular flexibility index (Phi) is 8.90. The van der Waals surface area contributed by atoms with Gasteiger partial charge in [-0.15, -0.1) is 0 Å². The van der Waals surface area contributed by atoms with Crippen LogP contribution in [-0.2, 0) is 19.0 Å². The number of carbonyl (C=O) groups is 3. The molecule has 11 heteroatoms. The molecular formula is C27H34N2O9. The zero-order valence-corrected chi connectivity index (χ0v) is 21.6. The lowest BCUT2D eigenvalue weighted by Crippen LogP contribution is -2.54. The summed E-state index contributed by atoms with van der Waals surface area (Å²) in [6.45, 7) is 8.63. The molecule has 2 saturated heterocycles. The SMILES string of the molecule is C=CCOC(=O)N1c2cc(OCCCC(=O)O)c(OC)cc2C(=O)N2CC(=C)C[C@H]2[C@@H]1OC1CCCCO1. The van der Waals surface area contributed by atoms with Crippen molar-refractivity contribution in [1.29, 1.82) is 0 Å². The van der Waals surface area contributed by atoms with Crippen molar-refractivity contribution >= 4 is 23.7 Å². The van der Waals surface area contributed by atoms with E-state index in [1.54, 1.807) is 4.90 Å². The fourth-order valence-corrected chi connectivity index (χ4v) is 4.89. The Hall–Kier alpha value is -3.57. The first kappa shape index (κ1) is 27.5. The molecule has 38 heavy (non-hydrogen) atoms. The summed E-state index contributed by atoms with van der Waals surface area (Å²) >= 11 is 0. The van der Waals surface area contributed by atoms with Crippen LogP contribution in [0.2, 0.25) is 0 Å². The third-order valence-corrected chi connectivity index (χ3v) is 6.65. The Bertz CT molecular complexity index is 1080. The zero-order valence-electron chi connectivity index (χ0n) is 21.6. The van der Waals surface area contributed by atoms with Gasteiger partial charge in [0.2, 0.25) is 0 Å². The summed E-state index contributed by atoms with van der Waals surface area (Å²) in [5.74, 6) is -0.714. The van der Waals surface area contributed by atoms with E-state index >= 15 is 0 Å². The number of hydrogen-bond acceptors (Lipinski definition) is 8. The molecular weight excluding hydrogens is 496 g/mol. The van der Waals surface area contributed by atoms with Crippen molar-refractivity contribution in [3.8, 4) is 11.5 Å². The highest BCUT2D eigenvalue weighted by atomic mass is 16.7. The molecule has 11 nitrogen and oxygen atoms in total. The molecule has 2 amide bonds. The first-order chi connectivity index (χ1) is 18.3. The molecule has 1 aromatic carbocycles. The number of ether oxygens (including phenoxy) is 5. The number of methoxy groups -OCH3 is 1. The van der Waals surface area contributed by atoms with Crippen molar-refractivity contribution in [1.82, 2.24) is 4.90 Å². The Morgan fingerprint density at radius 1 is 1.26 bits per heavy atom. The lowest BCUT2D eigenvalue weighted by molar-refractivity contribution is -0.195. The number of nitrogens with zero attached hydrogens (tertiary/aromatic N) is 2. The number of aliphatic carboxylic acids is 1. The average Bonchev–Trinajstić information content (AvgIpc) is 3.27. The van der Waals surface area contributed by atoms with Crippen molar-refractivity contribution in [2.45, 2.75) is 57.1 Å². The highest BCUT2D eigenvalue weighted by Crippen LogP contribution is 2.43. The van der Waals surface area contributed by atoms with E-state index in [0.29, 0.717) is 26.0 Å². The predicted molar refractivity (Wildman–Crippen MR) is 136 cm³/mol. The summed E-state index contributed by atoms with van der Waals surface area (Å²) in [5, 5.41) is 8.94. The maximum atomic E-state index is 13.8. The van der Waals surface area contributed by atoms with Gasteiger partial charge < -0.3 is 33.7 Å². The normalized spacial score (nSPS) is 22.8. The Morgan fingerprint density at radius 3 is 2.76 bits per heavy atom. The van der Waals surface area contributed by atoms with E-state index in [4.69, 9.17) is 28.8 Å². The van der Waals surface area contributed by atoms with Crippen LogP contribution in [0.4, 0.5) is 10.5 Å². The second-order valence-corrected chi connectivity index (χ2v) is 9.38. The molecule has 0 aromatic heterocycles. The van der Waals surface area contributed by atoms with Crippen LogP contribution in [0.5, 0.6) is 11.5 Å². The molecule has 3 heterocycles. The van der Waals surface area contributed by atoms with Crippen molar-refractivity contribution in [3.63, 3.8) is 0 Å². The van der Waals surface area contributed by atoms with Crippen LogP contribution in [0.25, 0.3) is 0 Å². The number of carbonyl (C=O) groups excluding carboxylic acids is 2. The highest BCUT2D eigenvalue weighted by molar-refractivity contribution is 6.06. The zero-order chi connectivity index (χ0) is 27.2. The predicted octanol–water partition coefficient (Wildman–Crippen LogP) is 3.72. The van der Waals surface area contributed by atoms with E-state index in [-0.39, 0.29) is 54.7 Å². The number of anilines is 1. The van der Waals surface area contributed by atoms with Crippen LogP contribution >= 0.6 is 0 Å². The first-order valence-corrected chi connectivity index (χ1v) is 12.7. The fraction of sp³-hybridized carbons (Fsp3) is 0.519. The molecule has 1 unspecified atom stereocenters. The van der Waals surface area contributed by atoms with Crippen LogP contribution in [0.3, 0.4) is 0 Å². The number of hydrogen-bond donors (Lipinski definition) is 1. The van der Waals surface area contributed by atoms with Gasteiger partial charge in [0.25, 0.3) is 5.91 Å². The molecule has 3 aliphatic heterocycles. The van der Waals surface area contributed by atoms with E-state index in [2.05, 4.69) is 13.2 Å². The quantitative estimate of drug-likeness (QED) is 0.356. The van der Waals surface area contributed by atoms with E-state index in [0.717, 1.165) is 18.4 Å². The number of fused-ring (bicyclic) bond motifs is 2. The number of amides is 2. The Labute approximate surface area is 221 Å². The van der Waals surface area contributed by atoms with E-state index in [9.17, 15) is 14.4 Å². The van der Waals surface area contributed by atoms with Crippen LogP contribution in [0, 0.1) is 0 Å². The summed E-state index contributed by atoms with van der Waals surface area (Å²) in [6.07, 6.45) is 2.39. The number of carboxylic acid groups (broad SMARTS) is 1. The van der Waals surface area contributed by atoms with Crippen molar-refractivity contribution in [2.24, 2.45) is 0 Å². The lowest BCUT2D eigenvalue weighted by Gasteiger charge is -2.38. The topological polar surface area (TPSA) is 124 Å². The molecule has 206 valence electrons. The Balaban J connectivity index is 1.79. The van der Waals surface area contributed by atoms with Gasteiger partial charge in [-0.05, 0) is 38.2 Å². The molecule has 0 aliphatic carbocycles. The molecule has 0 radical (unpaired) electrons. The first-order valence-electron chi connectivity index (χ1n) is 12.7. The highest BCUT2D eigenvalue weighted by Gasteiger charge is 2.48. The largest absolute Gasteiger partial charge is 0.493 e. The summed E-state index contributed by atoms with van der Waals surface area (Å²) in [7, 11) is 1.44. The monoisotopic (exact) mass is 530 g/mol.